The van der Waals surface area contributed by atoms with E-state index in [4.69, 9.17) is 11.0 Å². The van der Waals surface area contributed by atoms with Gasteiger partial charge in [-0.3, -0.25) is 0 Å². The van der Waals surface area contributed by atoms with Crippen LogP contribution in [0.15, 0.2) is 23.9 Å². The molecule has 0 aromatic heterocycles. The standard InChI is InChI=1S/C8H12N2/c1-4-7(5-9)8(10)6(2)3/h4,6H,1,10H2,2-3H3/b8-7-. The van der Waals surface area contributed by atoms with Gasteiger partial charge >= 0.3 is 0 Å². The Hall–Kier alpha value is -1.23. The summed E-state index contributed by atoms with van der Waals surface area (Å²) in [6.45, 7) is 7.36. The van der Waals surface area contributed by atoms with E-state index >= 15 is 0 Å². The third kappa shape index (κ3) is 1.94. The lowest BCUT2D eigenvalue weighted by Gasteiger charge is -2.04. The van der Waals surface area contributed by atoms with Gasteiger partial charge < -0.3 is 5.73 Å². The van der Waals surface area contributed by atoms with Crippen LogP contribution in [0.3, 0.4) is 0 Å². The van der Waals surface area contributed by atoms with E-state index in [1.807, 2.05) is 19.9 Å². The van der Waals surface area contributed by atoms with Gasteiger partial charge in [0.25, 0.3) is 0 Å². The van der Waals surface area contributed by atoms with E-state index in [2.05, 4.69) is 6.58 Å². The van der Waals surface area contributed by atoms with Crippen LogP contribution in [0, 0.1) is 17.2 Å². The number of hydrogen-bond donors (Lipinski definition) is 1. The average molecular weight is 136 g/mol. The molecule has 2 N–H and O–H groups in total. The van der Waals surface area contributed by atoms with Crippen molar-refractivity contribution < 1.29 is 0 Å². The van der Waals surface area contributed by atoms with E-state index in [9.17, 15) is 0 Å². The van der Waals surface area contributed by atoms with E-state index < -0.39 is 0 Å². The topological polar surface area (TPSA) is 49.8 Å². The molecule has 0 atom stereocenters. The highest BCUT2D eigenvalue weighted by Gasteiger charge is 2.01. The van der Waals surface area contributed by atoms with Crippen molar-refractivity contribution in [2.75, 3.05) is 0 Å². The van der Waals surface area contributed by atoms with Crippen LogP contribution in [0.1, 0.15) is 13.8 Å². The molecule has 54 valence electrons. The van der Waals surface area contributed by atoms with Crippen LogP contribution in [0.25, 0.3) is 0 Å². The summed E-state index contributed by atoms with van der Waals surface area (Å²) in [5, 5.41) is 8.49. The van der Waals surface area contributed by atoms with Crippen molar-refractivity contribution >= 4 is 0 Å². The molecular formula is C8H12N2. The fourth-order valence-electron chi connectivity index (χ4n) is 0.539. The Morgan fingerprint density at radius 1 is 1.70 bits per heavy atom. The van der Waals surface area contributed by atoms with Crippen molar-refractivity contribution in [3.63, 3.8) is 0 Å². The van der Waals surface area contributed by atoms with Crippen LogP contribution < -0.4 is 5.73 Å². The third-order valence-electron chi connectivity index (χ3n) is 1.26. The molecule has 0 spiro atoms. The zero-order valence-corrected chi connectivity index (χ0v) is 6.39. The van der Waals surface area contributed by atoms with Gasteiger partial charge in [-0.25, -0.2) is 0 Å². The summed E-state index contributed by atoms with van der Waals surface area (Å²) in [5.41, 5.74) is 6.66. The summed E-state index contributed by atoms with van der Waals surface area (Å²) < 4.78 is 0. The molecule has 0 aromatic rings. The quantitative estimate of drug-likeness (QED) is 0.462. The molecule has 0 saturated heterocycles. The normalized spacial score (nSPS) is 12.2. The minimum absolute atomic E-state index is 0.215. The largest absolute Gasteiger partial charge is 0.401 e. The van der Waals surface area contributed by atoms with Crippen LogP contribution in [0.2, 0.25) is 0 Å². The molecule has 0 bridgehead atoms. The molecular weight excluding hydrogens is 124 g/mol. The molecule has 10 heavy (non-hydrogen) atoms. The highest BCUT2D eigenvalue weighted by Crippen LogP contribution is 2.08. The molecule has 0 aliphatic carbocycles. The second-order valence-corrected chi connectivity index (χ2v) is 2.34. The van der Waals surface area contributed by atoms with Gasteiger partial charge in [-0.05, 0) is 12.0 Å². The van der Waals surface area contributed by atoms with Crippen molar-refractivity contribution in [2.45, 2.75) is 13.8 Å². The molecule has 2 nitrogen and oxygen atoms in total. The maximum absolute atomic E-state index is 8.49. The number of allylic oxidation sites excluding steroid dienone is 3. The first-order chi connectivity index (χ1) is 4.63. The van der Waals surface area contributed by atoms with Crippen LogP contribution in [-0.4, -0.2) is 0 Å². The highest BCUT2D eigenvalue weighted by atomic mass is 14.6. The van der Waals surface area contributed by atoms with Crippen molar-refractivity contribution in [2.24, 2.45) is 11.7 Å². The third-order valence-corrected chi connectivity index (χ3v) is 1.26. The van der Waals surface area contributed by atoms with E-state index in [1.54, 1.807) is 0 Å². The van der Waals surface area contributed by atoms with Crippen LogP contribution >= 0.6 is 0 Å². The lowest BCUT2D eigenvalue weighted by atomic mass is 10.1. The summed E-state index contributed by atoms with van der Waals surface area (Å²) >= 11 is 0. The van der Waals surface area contributed by atoms with Gasteiger partial charge in [0.2, 0.25) is 0 Å². The van der Waals surface area contributed by atoms with Crippen LogP contribution in [0.5, 0.6) is 0 Å². The van der Waals surface area contributed by atoms with Crippen molar-refractivity contribution in [3.8, 4) is 6.07 Å². The van der Waals surface area contributed by atoms with Gasteiger partial charge in [-0.1, -0.05) is 20.4 Å². The highest BCUT2D eigenvalue weighted by molar-refractivity contribution is 5.35. The Labute approximate surface area is 61.6 Å². The SMILES string of the molecule is C=C/C(C#N)=C(/N)C(C)C. The minimum atomic E-state index is 0.215. The molecule has 0 saturated carbocycles. The molecule has 0 radical (unpaired) electrons. The Morgan fingerprint density at radius 3 is 2.30 bits per heavy atom. The fraction of sp³-hybridized carbons (Fsp3) is 0.375. The average Bonchev–Trinajstić information content (AvgIpc) is 1.90. The molecule has 0 aromatic carbocycles. The Kier molecular flexibility index (Phi) is 3.27. The first kappa shape index (κ1) is 8.77. The van der Waals surface area contributed by atoms with E-state index in [1.165, 1.54) is 6.08 Å². The first-order valence-corrected chi connectivity index (χ1v) is 3.15. The predicted molar refractivity (Wildman–Crippen MR) is 41.9 cm³/mol. The van der Waals surface area contributed by atoms with Crippen molar-refractivity contribution in [1.82, 2.24) is 0 Å². The monoisotopic (exact) mass is 136 g/mol. The smallest absolute Gasteiger partial charge is 0.101 e. The van der Waals surface area contributed by atoms with Crippen LogP contribution in [0.4, 0.5) is 0 Å². The minimum Gasteiger partial charge on any atom is -0.401 e. The lowest BCUT2D eigenvalue weighted by Crippen LogP contribution is -2.07. The first-order valence-electron chi connectivity index (χ1n) is 3.15. The molecule has 0 aliphatic rings. The second-order valence-electron chi connectivity index (χ2n) is 2.34. The molecule has 0 unspecified atom stereocenters. The van der Waals surface area contributed by atoms with Gasteiger partial charge in [-0.15, -0.1) is 0 Å². The Bertz CT molecular complexity index is 194. The van der Waals surface area contributed by atoms with Gasteiger partial charge in [-0.2, -0.15) is 5.26 Å². The van der Waals surface area contributed by atoms with Gasteiger partial charge in [0.1, 0.15) is 6.07 Å². The summed E-state index contributed by atoms with van der Waals surface area (Å²) in [4.78, 5) is 0. The molecule has 0 rings (SSSR count). The molecule has 2 heteroatoms. The molecule has 0 heterocycles. The number of hydrogen-bond acceptors (Lipinski definition) is 2. The summed E-state index contributed by atoms with van der Waals surface area (Å²) in [5.74, 6) is 0.215. The maximum atomic E-state index is 8.49. The van der Waals surface area contributed by atoms with E-state index in [0.29, 0.717) is 11.3 Å². The Balaban J connectivity index is 4.64. The van der Waals surface area contributed by atoms with Gasteiger partial charge in [0.15, 0.2) is 0 Å². The maximum Gasteiger partial charge on any atom is 0.101 e. The summed E-state index contributed by atoms with van der Waals surface area (Å²) in [6.07, 6.45) is 1.48. The fourth-order valence-corrected chi connectivity index (χ4v) is 0.539. The number of rotatable bonds is 2. The molecule has 0 aliphatic heterocycles. The van der Waals surface area contributed by atoms with Gasteiger partial charge in [0, 0.05) is 5.70 Å². The molecule has 0 amide bonds. The zero-order chi connectivity index (χ0) is 8.15. The van der Waals surface area contributed by atoms with E-state index in [-0.39, 0.29) is 5.92 Å². The van der Waals surface area contributed by atoms with Crippen molar-refractivity contribution in [3.05, 3.63) is 23.9 Å². The van der Waals surface area contributed by atoms with Crippen LogP contribution in [-0.2, 0) is 0 Å². The van der Waals surface area contributed by atoms with E-state index in [0.717, 1.165) is 0 Å². The summed E-state index contributed by atoms with van der Waals surface area (Å²) in [7, 11) is 0. The van der Waals surface area contributed by atoms with Crippen molar-refractivity contribution in [1.29, 1.82) is 5.26 Å². The number of nitrogens with zero attached hydrogens (tertiary/aromatic N) is 1. The Morgan fingerprint density at radius 2 is 2.20 bits per heavy atom. The molecule has 0 fully saturated rings. The number of nitriles is 1. The summed E-state index contributed by atoms with van der Waals surface area (Å²) in [6, 6.07) is 1.97. The lowest BCUT2D eigenvalue weighted by molar-refractivity contribution is 0.752. The van der Waals surface area contributed by atoms with Gasteiger partial charge in [0.05, 0.1) is 5.57 Å². The predicted octanol–water partition coefficient (Wildman–Crippen LogP) is 1.56. The zero-order valence-electron chi connectivity index (χ0n) is 6.39. The number of nitrogens with two attached hydrogens (primary N) is 1. The second kappa shape index (κ2) is 3.73.